The number of hydrogen-bond donors (Lipinski definition) is 4. The highest BCUT2D eigenvalue weighted by Gasteiger charge is 2.29. The van der Waals surface area contributed by atoms with Crippen LogP contribution >= 0.6 is 12.2 Å². The van der Waals surface area contributed by atoms with Gasteiger partial charge in [0.2, 0.25) is 5.91 Å². The smallest absolute Gasteiger partial charge is 0.337 e. The molecule has 10 heteroatoms. The average Bonchev–Trinajstić information content (AvgIpc) is 3.63. The van der Waals surface area contributed by atoms with E-state index in [0.29, 0.717) is 16.8 Å². The van der Waals surface area contributed by atoms with Crippen LogP contribution in [-0.2, 0) is 9.53 Å². The number of hydrazine groups is 1. The maximum Gasteiger partial charge on any atom is 0.337 e. The van der Waals surface area contributed by atoms with E-state index in [1.165, 1.54) is 31.4 Å². The van der Waals surface area contributed by atoms with Gasteiger partial charge in [0.15, 0.2) is 5.11 Å². The van der Waals surface area contributed by atoms with E-state index in [0.717, 1.165) is 12.8 Å². The lowest BCUT2D eigenvalue weighted by Crippen LogP contribution is -2.48. The Labute approximate surface area is 183 Å². The number of esters is 1. The summed E-state index contributed by atoms with van der Waals surface area (Å²) in [5.41, 5.74) is 6.36. The number of methoxy groups -OCH3 is 1. The van der Waals surface area contributed by atoms with Crippen LogP contribution in [0.25, 0.3) is 0 Å². The van der Waals surface area contributed by atoms with E-state index < -0.39 is 17.8 Å². The molecule has 1 aliphatic carbocycles. The molecule has 4 N–H and O–H groups in total. The van der Waals surface area contributed by atoms with Gasteiger partial charge in [-0.2, -0.15) is 0 Å². The molecule has 31 heavy (non-hydrogen) atoms. The van der Waals surface area contributed by atoms with Crippen molar-refractivity contribution in [3.8, 4) is 0 Å². The molecule has 0 bridgehead atoms. The Morgan fingerprint density at radius 3 is 1.97 bits per heavy atom. The molecular weight excluding hydrogens is 420 g/mol. The van der Waals surface area contributed by atoms with Crippen molar-refractivity contribution in [1.29, 1.82) is 0 Å². The molecule has 160 valence electrons. The number of nitrogens with one attached hydrogen (secondary N) is 4. The molecule has 0 heterocycles. The van der Waals surface area contributed by atoms with Crippen molar-refractivity contribution in [2.45, 2.75) is 12.8 Å². The first-order valence-electron chi connectivity index (χ1n) is 9.38. The molecule has 3 rings (SSSR count). The summed E-state index contributed by atoms with van der Waals surface area (Å²) in [7, 11) is 1.27. The predicted molar refractivity (Wildman–Crippen MR) is 116 cm³/mol. The molecule has 0 aromatic heterocycles. The molecule has 0 atom stereocenters. The van der Waals surface area contributed by atoms with E-state index in [9.17, 15) is 19.2 Å². The Hall–Kier alpha value is -3.79. The van der Waals surface area contributed by atoms with Gasteiger partial charge in [0.25, 0.3) is 11.8 Å². The van der Waals surface area contributed by atoms with Crippen LogP contribution in [0.15, 0.2) is 48.5 Å². The molecule has 0 spiro atoms. The van der Waals surface area contributed by atoms with Crippen LogP contribution in [0.4, 0.5) is 5.69 Å². The van der Waals surface area contributed by atoms with Gasteiger partial charge < -0.3 is 10.1 Å². The summed E-state index contributed by atoms with van der Waals surface area (Å²) in [6, 6.07) is 12.2. The summed E-state index contributed by atoms with van der Waals surface area (Å²) in [6.07, 6.45) is 1.82. The van der Waals surface area contributed by atoms with Gasteiger partial charge in [0.05, 0.1) is 12.7 Å². The van der Waals surface area contributed by atoms with E-state index in [2.05, 4.69) is 26.2 Å². The van der Waals surface area contributed by atoms with E-state index in [1.54, 1.807) is 24.3 Å². The number of carbonyl (C=O) groups is 4. The van der Waals surface area contributed by atoms with Crippen LogP contribution in [0.5, 0.6) is 0 Å². The second-order valence-corrected chi connectivity index (χ2v) is 7.18. The molecule has 9 nitrogen and oxygen atoms in total. The van der Waals surface area contributed by atoms with Crippen LogP contribution in [-0.4, -0.2) is 35.9 Å². The van der Waals surface area contributed by atoms with E-state index >= 15 is 0 Å². The second-order valence-electron chi connectivity index (χ2n) is 6.77. The number of hydrogen-bond acceptors (Lipinski definition) is 6. The number of rotatable bonds is 5. The van der Waals surface area contributed by atoms with Gasteiger partial charge in [-0.05, 0) is 73.6 Å². The highest BCUT2D eigenvalue weighted by atomic mass is 32.1. The van der Waals surface area contributed by atoms with Crippen molar-refractivity contribution in [1.82, 2.24) is 16.2 Å². The molecule has 1 fully saturated rings. The SMILES string of the molecule is COC(=O)c1ccc(C(=O)NC(=S)NNC(=O)c2ccc(NC(=O)C3CC3)cc2)cc1. The Morgan fingerprint density at radius 1 is 0.839 bits per heavy atom. The van der Waals surface area contributed by atoms with Crippen LogP contribution in [0.1, 0.15) is 43.9 Å². The number of benzene rings is 2. The number of ether oxygens (including phenoxy) is 1. The van der Waals surface area contributed by atoms with Crippen molar-refractivity contribution in [2.75, 3.05) is 12.4 Å². The lowest BCUT2D eigenvalue weighted by atomic mass is 10.1. The third-order valence-corrected chi connectivity index (χ3v) is 4.65. The Kier molecular flexibility index (Phi) is 6.93. The molecule has 0 saturated heterocycles. The molecule has 0 aliphatic heterocycles. The van der Waals surface area contributed by atoms with Crippen LogP contribution < -0.4 is 21.5 Å². The van der Waals surface area contributed by atoms with Crippen LogP contribution in [0.3, 0.4) is 0 Å². The van der Waals surface area contributed by atoms with Gasteiger partial charge >= 0.3 is 5.97 Å². The van der Waals surface area contributed by atoms with Crippen molar-refractivity contribution >= 4 is 46.7 Å². The number of anilines is 1. The van der Waals surface area contributed by atoms with Gasteiger partial charge in [0.1, 0.15) is 0 Å². The molecule has 2 aromatic carbocycles. The highest BCUT2D eigenvalue weighted by molar-refractivity contribution is 7.80. The van der Waals surface area contributed by atoms with Gasteiger partial charge in [-0.1, -0.05) is 0 Å². The zero-order valence-electron chi connectivity index (χ0n) is 16.6. The van der Waals surface area contributed by atoms with E-state index in [4.69, 9.17) is 12.2 Å². The number of amides is 3. The minimum absolute atomic E-state index is 0.0140. The van der Waals surface area contributed by atoms with Gasteiger partial charge in [-0.15, -0.1) is 0 Å². The van der Waals surface area contributed by atoms with Crippen molar-refractivity contribution < 1.29 is 23.9 Å². The van der Waals surface area contributed by atoms with Gasteiger partial charge in [-0.25, -0.2) is 4.79 Å². The summed E-state index contributed by atoms with van der Waals surface area (Å²) < 4.78 is 4.60. The van der Waals surface area contributed by atoms with Crippen molar-refractivity contribution in [3.63, 3.8) is 0 Å². The zero-order chi connectivity index (χ0) is 22.4. The third kappa shape index (κ3) is 6.09. The Bertz CT molecular complexity index is 1020. The van der Waals surface area contributed by atoms with E-state index in [1.807, 2.05) is 0 Å². The van der Waals surface area contributed by atoms with E-state index in [-0.39, 0.29) is 22.5 Å². The first-order valence-corrected chi connectivity index (χ1v) is 9.79. The van der Waals surface area contributed by atoms with Crippen molar-refractivity contribution in [2.24, 2.45) is 5.92 Å². The maximum atomic E-state index is 12.2. The van der Waals surface area contributed by atoms with Gasteiger partial charge in [-0.3, -0.25) is 30.6 Å². The molecule has 2 aromatic rings. The third-order valence-electron chi connectivity index (χ3n) is 4.45. The molecular formula is C21H20N4O5S. The standard InChI is InChI=1S/C21H20N4O5S/c1-30-20(29)15-6-4-13(5-7-15)18(27)23-21(31)25-24-19(28)14-8-10-16(11-9-14)22-17(26)12-2-3-12/h4-12H,2-3H2,1H3,(H,22,26)(H,24,28)(H2,23,25,27,31). The monoisotopic (exact) mass is 440 g/mol. The summed E-state index contributed by atoms with van der Waals surface area (Å²) in [6.45, 7) is 0. The predicted octanol–water partition coefficient (Wildman–Crippen LogP) is 1.77. The Morgan fingerprint density at radius 2 is 1.39 bits per heavy atom. The molecule has 1 saturated carbocycles. The lowest BCUT2D eigenvalue weighted by Gasteiger charge is -2.11. The zero-order valence-corrected chi connectivity index (χ0v) is 17.4. The van der Waals surface area contributed by atoms with Gasteiger partial charge in [0, 0.05) is 22.7 Å². The molecule has 0 radical (unpaired) electrons. The van der Waals surface area contributed by atoms with Crippen molar-refractivity contribution in [3.05, 3.63) is 65.2 Å². The summed E-state index contributed by atoms with van der Waals surface area (Å²) >= 11 is 5.00. The fourth-order valence-electron chi connectivity index (χ4n) is 2.56. The first kappa shape index (κ1) is 21.9. The largest absolute Gasteiger partial charge is 0.465 e. The number of carbonyl (C=O) groups excluding carboxylic acids is 4. The quantitative estimate of drug-likeness (QED) is 0.317. The minimum Gasteiger partial charge on any atom is -0.465 e. The number of thiocarbonyl (C=S) groups is 1. The lowest BCUT2D eigenvalue weighted by molar-refractivity contribution is -0.117. The summed E-state index contributed by atoms with van der Waals surface area (Å²) in [5, 5.41) is 5.10. The summed E-state index contributed by atoms with van der Waals surface area (Å²) in [4.78, 5) is 47.6. The van der Waals surface area contributed by atoms with Crippen LogP contribution in [0.2, 0.25) is 0 Å². The van der Waals surface area contributed by atoms with Crippen LogP contribution in [0, 0.1) is 5.92 Å². The first-order chi connectivity index (χ1) is 14.9. The summed E-state index contributed by atoms with van der Waals surface area (Å²) in [5.74, 6) is -1.42. The average molecular weight is 440 g/mol. The maximum absolute atomic E-state index is 12.2. The fraction of sp³-hybridized carbons (Fsp3) is 0.190. The minimum atomic E-state index is -0.515. The Balaban J connectivity index is 1.46. The molecule has 3 amide bonds. The normalized spacial score (nSPS) is 12.3. The highest BCUT2D eigenvalue weighted by Crippen LogP contribution is 2.30. The fourth-order valence-corrected chi connectivity index (χ4v) is 2.71. The topological polar surface area (TPSA) is 126 Å². The molecule has 0 unspecified atom stereocenters. The molecule has 1 aliphatic rings. The second kappa shape index (κ2) is 9.81.